The first-order valence-electron chi connectivity index (χ1n) is 8.39. The van der Waals surface area contributed by atoms with Crippen molar-refractivity contribution in [2.75, 3.05) is 5.33 Å². The monoisotopic (exact) mass is 314 g/mol. The van der Waals surface area contributed by atoms with Gasteiger partial charge in [-0.1, -0.05) is 61.4 Å². The van der Waals surface area contributed by atoms with E-state index in [1.54, 1.807) is 38.5 Å². The van der Waals surface area contributed by atoms with Crippen molar-refractivity contribution in [3.8, 4) is 0 Å². The van der Waals surface area contributed by atoms with E-state index in [1.165, 1.54) is 37.4 Å². The molecule has 0 atom stereocenters. The molecular formula is C17H31Br. The average Bonchev–Trinajstić information content (AvgIpc) is 2.41. The number of rotatable bonds is 5. The van der Waals surface area contributed by atoms with Crippen molar-refractivity contribution in [3.05, 3.63) is 0 Å². The van der Waals surface area contributed by atoms with Gasteiger partial charge in [-0.2, -0.15) is 0 Å². The van der Waals surface area contributed by atoms with Gasteiger partial charge < -0.3 is 0 Å². The highest BCUT2D eigenvalue weighted by Crippen LogP contribution is 2.42. The Labute approximate surface area is 122 Å². The molecule has 106 valence electrons. The van der Waals surface area contributed by atoms with Gasteiger partial charge in [0, 0.05) is 5.33 Å². The third-order valence-electron chi connectivity index (χ3n) is 5.66. The molecule has 0 aromatic heterocycles. The average molecular weight is 315 g/mol. The lowest BCUT2D eigenvalue weighted by molar-refractivity contribution is 0.143. The highest BCUT2D eigenvalue weighted by Gasteiger charge is 2.30. The Kier molecular flexibility index (Phi) is 6.55. The third kappa shape index (κ3) is 4.25. The molecule has 0 N–H and O–H groups in total. The number of halogens is 1. The Morgan fingerprint density at radius 3 is 1.56 bits per heavy atom. The quantitative estimate of drug-likeness (QED) is 0.531. The van der Waals surface area contributed by atoms with E-state index in [-0.39, 0.29) is 0 Å². The normalized spacial score (nSPS) is 37.7. The van der Waals surface area contributed by atoms with Gasteiger partial charge in [0.15, 0.2) is 0 Å². The zero-order chi connectivity index (χ0) is 12.8. The zero-order valence-electron chi connectivity index (χ0n) is 12.2. The summed E-state index contributed by atoms with van der Waals surface area (Å²) in [7, 11) is 0. The Hall–Kier alpha value is 0.480. The molecule has 2 aliphatic rings. The van der Waals surface area contributed by atoms with Crippen LogP contribution in [0.4, 0.5) is 0 Å². The van der Waals surface area contributed by atoms with Crippen LogP contribution in [-0.2, 0) is 0 Å². The topological polar surface area (TPSA) is 0 Å². The fourth-order valence-electron chi connectivity index (χ4n) is 4.46. The second kappa shape index (κ2) is 7.92. The van der Waals surface area contributed by atoms with Crippen LogP contribution in [0.5, 0.6) is 0 Å². The summed E-state index contributed by atoms with van der Waals surface area (Å²) in [5, 5.41) is 1.21. The SMILES string of the molecule is CCCC1CCC(C2CCC(CCBr)CC2)CC1. The maximum absolute atomic E-state index is 3.60. The highest BCUT2D eigenvalue weighted by atomic mass is 79.9. The number of hydrogen-bond acceptors (Lipinski definition) is 0. The summed E-state index contributed by atoms with van der Waals surface area (Å²) in [6, 6.07) is 0. The van der Waals surface area contributed by atoms with Crippen LogP contribution in [0.2, 0.25) is 0 Å². The Morgan fingerprint density at radius 1 is 0.722 bits per heavy atom. The highest BCUT2D eigenvalue weighted by molar-refractivity contribution is 9.09. The summed E-state index contributed by atoms with van der Waals surface area (Å²) < 4.78 is 0. The summed E-state index contributed by atoms with van der Waals surface area (Å²) in [5.41, 5.74) is 0. The molecule has 0 heterocycles. The van der Waals surface area contributed by atoms with E-state index in [4.69, 9.17) is 0 Å². The first-order chi connectivity index (χ1) is 8.83. The lowest BCUT2D eigenvalue weighted by Gasteiger charge is -2.37. The fraction of sp³-hybridized carbons (Fsp3) is 1.00. The molecule has 0 radical (unpaired) electrons. The van der Waals surface area contributed by atoms with Crippen LogP contribution >= 0.6 is 15.9 Å². The van der Waals surface area contributed by atoms with E-state index >= 15 is 0 Å². The van der Waals surface area contributed by atoms with E-state index in [9.17, 15) is 0 Å². The van der Waals surface area contributed by atoms with Crippen molar-refractivity contribution in [1.29, 1.82) is 0 Å². The predicted molar refractivity (Wildman–Crippen MR) is 84.2 cm³/mol. The standard InChI is InChI=1S/C17H31Br/c1-2-3-14-4-8-16(9-5-14)17-10-6-15(7-11-17)12-13-18/h14-17H,2-13H2,1H3. The smallest absolute Gasteiger partial charge is 0.00339 e. The van der Waals surface area contributed by atoms with E-state index in [2.05, 4.69) is 22.9 Å². The largest absolute Gasteiger partial charge is 0.0928 e. The van der Waals surface area contributed by atoms with Crippen molar-refractivity contribution >= 4 is 15.9 Å². The Balaban J connectivity index is 1.68. The molecule has 0 aromatic carbocycles. The molecule has 0 amide bonds. The first kappa shape index (κ1) is 14.9. The van der Waals surface area contributed by atoms with Gasteiger partial charge in [-0.15, -0.1) is 0 Å². The van der Waals surface area contributed by atoms with Crippen LogP contribution in [0.15, 0.2) is 0 Å². The Bertz CT molecular complexity index is 186. The Morgan fingerprint density at radius 2 is 1.17 bits per heavy atom. The van der Waals surface area contributed by atoms with Crippen molar-refractivity contribution < 1.29 is 0 Å². The maximum atomic E-state index is 3.60. The summed E-state index contributed by atoms with van der Waals surface area (Å²) >= 11 is 3.60. The molecule has 2 aliphatic carbocycles. The molecule has 0 unspecified atom stereocenters. The summed E-state index contributed by atoms with van der Waals surface area (Å²) in [6.45, 7) is 2.34. The molecule has 0 aromatic rings. The van der Waals surface area contributed by atoms with E-state index in [1.807, 2.05) is 0 Å². The van der Waals surface area contributed by atoms with E-state index < -0.39 is 0 Å². The van der Waals surface area contributed by atoms with Crippen LogP contribution < -0.4 is 0 Å². The van der Waals surface area contributed by atoms with Gasteiger partial charge in [0.05, 0.1) is 0 Å². The van der Waals surface area contributed by atoms with Gasteiger partial charge in [0.25, 0.3) is 0 Å². The van der Waals surface area contributed by atoms with Crippen LogP contribution in [0.25, 0.3) is 0 Å². The third-order valence-corrected chi connectivity index (χ3v) is 6.12. The molecule has 18 heavy (non-hydrogen) atoms. The molecule has 0 nitrogen and oxygen atoms in total. The number of hydrogen-bond donors (Lipinski definition) is 0. The van der Waals surface area contributed by atoms with E-state index in [0.717, 1.165) is 23.7 Å². The minimum atomic E-state index is 1.04. The van der Waals surface area contributed by atoms with Crippen LogP contribution in [0.3, 0.4) is 0 Å². The summed E-state index contributed by atoms with van der Waals surface area (Å²) in [6.07, 6.45) is 16.6. The molecule has 0 spiro atoms. The molecule has 0 saturated heterocycles. The molecule has 2 saturated carbocycles. The molecule has 0 bridgehead atoms. The lowest BCUT2D eigenvalue weighted by atomic mass is 9.68. The molecule has 1 heteroatoms. The van der Waals surface area contributed by atoms with E-state index in [0.29, 0.717) is 0 Å². The van der Waals surface area contributed by atoms with Crippen molar-refractivity contribution in [2.24, 2.45) is 23.7 Å². The zero-order valence-corrected chi connectivity index (χ0v) is 13.8. The lowest BCUT2D eigenvalue weighted by Crippen LogP contribution is -2.26. The molecular weight excluding hydrogens is 284 g/mol. The van der Waals surface area contributed by atoms with Crippen LogP contribution in [0, 0.1) is 23.7 Å². The first-order valence-corrected chi connectivity index (χ1v) is 9.51. The van der Waals surface area contributed by atoms with Crippen molar-refractivity contribution in [1.82, 2.24) is 0 Å². The maximum Gasteiger partial charge on any atom is 0.00339 e. The minimum absolute atomic E-state index is 1.04. The molecule has 0 aliphatic heterocycles. The minimum Gasteiger partial charge on any atom is -0.0928 e. The van der Waals surface area contributed by atoms with Crippen LogP contribution in [-0.4, -0.2) is 5.33 Å². The van der Waals surface area contributed by atoms with Gasteiger partial charge >= 0.3 is 0 Å². The molecule has 2 fully saturated rings. The fourth-order valence-corrected chi connectivity index (χ4v) is 5.11. The van der Waals surface area contributed by atoms with Crippen molar-refractivity contribution in [2.45, 2.75) is 77.6 Å². The summed E-state index contributed by atoms with van der Waals surface area (Å²) in [4.78, 5) is 0. The van der Waals surface area contributed by atoms with Crippen LogP contribution in [0.1, 0.15) is 77.6 Å². The second-order valence-electron chi connectivity index (χ2n) is 6.83. The van der Waals surface area contributed by atoms with Gasteiger partial charge in [-0.3, -0.25) is 0 Å². The van der Waals surface area contributed by atoms with Gasteiger partial charge in [-0.25, -0.2) is 0 Å². The second-order valence-corrected chi connectivity index (χ2v) is 7.62. The van der Waals surface area contributed by atoms with Gasteiger partial charge in [-0.05, 0) is 55.8 Å². The van der Waals surface area contributed by atoms with Gasteiger partial charge in [0.2, 0.25) is 0 Å². The molecule has 2 rings (SSSR count). The van der Waals surface area contributed by atoms with Crippen molar-refractivity contribution in [3.63, 3.8) is 0 Å². The van der Waals surface area contributed by atoms with Gasteiger partial charge in [0.1, 0.15) is 0 Å². The summed E-state index contributed by atoms with van der Waals surface area (Å²) in [5.74, 6) is 4.32. The predicted octanol–water partition coefficient (Wildman–Crippen LogP) is 6.18. The number of alkyl halides is 1.